The summed E-state index contributed by atoms with van der Waals surface area (Å²) < 4.78 is 0. The van der Waals surface area contributed by atoms with Gasteiger partial charge in [-0.15, -0.1) is 0 Å². The topological polar surface area (TPSA) is 42.0 Å². The number of nitrogens with one attached hydrogen (secondary N) is 1. The van der Waals surface area contributed by atoms with Crippen LogP contribution in [-0.4, -0.2) is 10.8 Å². The van der Waals surface area contributed by atoms with Gasteiger partial charge in [-0.3, -0.25) is 4.79 Å². The third-order valence-electron chi connectivity index (χ3n) is 4.14. The lowest BCUT2D eigenvalue weighted by molar-refractivity contribution is 0.101. The molecule has 23 heavy (non-hydrogen) atoms. The van der Waals surface area contributed by atoms with Gasteiger partial charge in [0.05, 0.1) is 11.7 Å². The normalized spacial score (nSPS) is 12.0. The van der Waals surface area contributed by atoms with Gasteiger partial charge in [-0.1, -0.05) is 37.6 Å². The van der Waals surface area contributed by atoms with Crippen molar-refractivity contribution in [3.63, 3.8) is 0 Å². The molecule has 1 N–H and O–H groups in total. The summed E-state index contributed by atoms with van der Waals surface area (Å²) in [7, 11) is 0. The van der Waals surface area contributed by atoms with Crippen molar-refractivity contribution in [3.8, 4) is 0 Å². The third-order valence-corrected chi connectivity index (χ3v) is 4.14. The standard InChI is InChI=1S/C20H26N2O/c1-6-16-11-13(3)12-17(7-2)20(16)21-14(4)18-9-8-10-19(22-18)15(5)23/h8-12,14,21H,6-7H2,1-5H3. The molecule has 1 aromatic carbocycles. The number of carbonyl (C=O) groups excluding carboxylic acids is 1. The number of hydrogen-bond donors (Lipinski definition) is 1. The molecular formula is C20H26N2O. The zero-order valence-corrected chi connectivity index (χ0v) is 14.7. The van der Waals surface area contributed by atoms with Crippen molar-refractivity contribution >= 4 is 11.5 Å². The number of nitrogens with zero attached hydrogens (tertiary/aromatic N) is 1. The molecule has 0 saturated heterocycles. The molecule has 1 aromatic heterocycles. The van der Waals surface area contributed by atoms with Crippen LogP contribution < -0.4 is 5.32 Å². The fraction of sp³-hybridized carbons (Fsp3) is 0.400. The van der Waals surface area contributed by atoms with Crippen LogP contribution >= 0.6 is 0 Å². The highest BCUT2D eigenvalue weighted by Gasteiger charge is 2.14. The average Bonchev–Trinajstić information content (AvgIpc) is 2.55. The molecule has 0 saturated carbocycles. The Morgan fingerprint density at radius 1 is 1.17 bits per heavy atom. The molecule has 0 radical (unpaired) electrons. The van der Waals surface area contributed by atoms with Crippen LogP contribution in [0.1, 0.15) is 66.6 Å². The summed E-state index contributed by atoms with van der Waals surface area (Å²) >= 11 is 0. The summed E-state index contributed by atoms with van der Waals surface area (Å²) in [5, 5.41) is 3.62. The van der Waals surface area contributed by atoms with Crippen LogP contribution in [0.2, 0.25) is 0 Å². The monoisotopic (exact) mass is 310 g/mol. The van der Waals surface area contributed by atoms with E-state index in [-0.39, 0.29) is 11.8 Å². The van der Waals surface area contributed by atoms with Crippen molar-refractivity contribution in [2.24, 2.45) is 0 Å². The molecule has 0 bridgehead atoms. The smallest absolute Gasteiger partial charge is 0.178 e. The Kier molecular flexibility index (Phi) is 5.54. The van der Waals surface area contributed by atoms with Crippen LogP contribution in [0.4, 0.5) is 5.69 Å². The Bertz CT molecular complexity index is 682. The first-order valence-electron chi connectivity index (χ1n) is 8.33. The highest BCUT2D eigenvalue weighted by atomic mass is 16.1. The van der Waals surface area contributed by atoms with Gasteiger partial charge in [0.1, 0.15) is 5.69 Å². The minimum absolute atomic E-state index is 0.00196. The Labute approximate surface area is 139 Å². The Balaban J connectivity index is 2.35. The molecule has 1 heterocycles. The molecule has 1 unspecified atom stereocenters. The Morgan fingerprint density at radius 2 is 1.78 bits per heavy atom. The minimum Gasteiger partial charge on any atom is -0.377 e. The number of hydrogen-bond acceptors (Lipinski definition) is 3. The molecular weight excluding hydrogens is 284 g/mol. The second-order valence-corrected chi connectivity index (χ2v) is 6.04. The highest BCUT2D eigenvalue weighted by molar-refractivity contribution is 5.92. The molecule has 2 rings (SSSR count). The molecule has 0 aliphatic carbocycles. The number of Topliss-reactive ketones (excluding diaryl/α,β-unsaturated/α-hetero) is 1. The fourth-order valence-corrected chi connectivity index (χ4v) is 2.86. The van der Waals surface area contributed by atoms with Gasteiger partial charge in [0.2, 0.25) is 0 Å². The van der Waals surface area contributed by atoms with E-state index in [9.17, 15) is 4.79 Å². The first-order chi connectivity index (χ1) is 11.0. The number of benzene rings is 1. The predicted molar refractivity (Wildman–Crippen MR) is 96.2 cm³/mol. The van der Waals surface area contributed by atoms with Crippen molar-refractivity contribution in [2.75, 3.05) is 5.32 Å². The van der Waals surface area contributed by atoms with Gasteiger partial charge in [0.15, 0.2) is 5.78 Å². The lowest BCUT2D eigenvalue weighted by Crippen LogP contribution is -2.13. The SMILES string of the molecule is CCc1cc(C)cc(CC)c1NC(C)c1cccc(C(C)=O)n1. The van der Waals surface area contributed by atoms with E-state index < -0.39 is 0 Å². The van der Waals surface area contributed by atoms with Crippen LogP contribution in [-0.2, 0) is 12.8 Å². The summed E-state index contributed by atoms with van der Waals surface area (Å²) in [5.41, 5.74) is 6.58. The van der Waals surface area contributed by atoms with Gasteiger partial charge < -0.3 is 5.32 Å². The van der Waals surface area contributed by atoms with Crippen LogP contribution in [0.25, 0.3) is 0 Å². The number of pyridine rings is 1. The number of carbonyl (C=O) groups is 1. The molecule has 0 aliphatic heterocycles. The summed E-state index contributed by atoms with van der Waals surface area (Å²) in [5.74, 6) is -0.00196. The van der Waals surface area contributed by atoms with Crippen molar-refractivity contribution in [3.05, 3.63) is 58.4 Å². The summed E-state index contributed by atoms with van der Waals surface area (Å²) in [6.07, 6.45) is 1.98. The number of anilines is 1. The third kappa shape index (κ3) is 3.98. The predicted octanol–water partition coefficient (Wildman–Crippen LogP) is 4.89. The second-order valence-electron chi connectivity index (χ2n) is 6.04. The molecule has 0 spiro atoms. The number of ketones is 1. The molecule has 0 fully saturated rings. The van der Waals surface area contributed by atoms with Crippen LogP contribution in [0.3, 0.4) is 0 Å². The van der Waals surface area contributed by atoms with Crippen molar-refractivity contribution in [1.29, 1.82) is 0 Å². The van der Waals surface area contributed by atoms with Gasteiger partial charge in [-0.05, 0) is 49.9 Å². The van der Waals surface area contributed by atoms with Gasteiger partial charge >= 0.3 is 0 Å². The molecule has 3 nitrogen and oxygen atoms in total. The van der Waals surface area contributed by atoms with Crippen LogP contribution in [0.5, 0.6) is 0 Å². The van der Waals surface area contributed by atoms with E-state index in [1.807, 2.05) is 12.1 Å². The van der Waals surface area contributed by atoms with E-state index in [2.05, 4.69) is 50.1 Å². The lowest BCUT2D eigenvalue weighted by Gasteiger charge is -2.21. The van der Waals surface area contributed by atoms with Gasteiger partial charge in [0.25, 0.3) is 0 Å². The summed E-state index contributed by atoms with van der Waals surface area (Å²) in [4.78, 5) is 16.0. The molecule has 122 valence electrons. The van der Waals surface area contributed by atoms with Crippen LogP contribution in [0.15, 0.2) is 30.3 Å². The first-order valence-corrected chi connectivity index (χ1v) is 8.33. The molecule has 0 aliphatic rings. The first kappa shape index (κ1) is 17.2. The molecule has 0 amide bonds. The van der Waals surface area contributed by atoms with E-state index in [1.54, 1.807) is 13.0 Å². The second kappa shape index (κ2) is 7.40. The maximum Gasteiger partial charge on any atom is 0.178 e. The molecule has 3 heteroatoms. The molecule has 1 atom stereocenters. The number of aryl methyl sites for hydroxylation is 3. The number of aromatic nitrogens is 1. The summed E-state index contributed by atoms with van der Waals surface area (Å²) in [6, 6.07) is 10.2. The van der Waals surface area contributed by atoms with E-state index in [4.69, 9.17) is 0 Å². The van der Waals surface area contributed by atoms with Gasteiger partial charge in [-0.25, -0.2) is 4.98 Å². The van der Waals surface area contributed by atoms with Crippen LogP contribution in [0, 0.1) is 6.92 Å². The quantitative estimate of drug-likeness (QED) is 0.772. The highest BCUT2D eigenvalue weighted by Crippen LogP contribution is 2.28. The van der Waals surface area contributed by atoms with E-state index in [1.165, 1.54) is 22.4 Å². The fourth-order valence-electron chi connectivity index (χ4n) is 2.86. The zero-order chi connectivity index (χ0) is 17.0. The average molecular weight is 310 g/mol. The Morgan fingerprint density at radius 3 is 2.30 bits per heavy atom. The minimum atomic E-state index is -0.00196. The lowest BCUT2D eigenvalue weighted by atomic mass is 9.99. The maximum atomic E-state index is 11.5. The van der Waals surface area contributed by atoms with Gasteiger partial charge in [-0.2, -0.15) is 0 Å². The zero-order valence-electron chi connectivity index (χ0n) is 14.7. The largest absolute Gasteiger partial charge is 0.377 e. The Hall–Kier alpha value is -2.16. The van der Waals surface area contributed by atoms with E-state index in [0.29, 0.717) is 5.69 Å². The van der Waals surface area contributed by atoms with Gasteiger partial charge in [0, 0.05) is 12.6 Å². The van der Waals surface area contributed by atoms with E-state index >= 15 is 0 Å². The van der Waals surface area contributed by atoms with Crippen molar-refractivity contribution in [2.45, 2.75) is 53.5 Å². The van der Waals surface area contributed by atoms with Crippen molar-refractivity contribution in [1.82, 2.24) is 4.98 Å². The maximum absolute atomic E-state index is 11.5. The number of rotatable bonds is 6. The molecule has 2 aromatic rings. The van der Waals surface area contributed by atoms with Crippen molar-refractivity contribution < 1.29 is 4.79 Å². The van der Waals surface area contributed by atoms with E-state index in [0.717, 1.165) is 18.5 Å². The summed E-state index contributed by atoms with van der Waals surface area (Å²) in [6.45, 7) is 10.1.